The molecule has 0 saturated carbocycles. The van der Waals surface area contributed by atoms with Gasteiger partial charge in [0.15, 0.2) is 0 Å². The molecule has 2 aromatic rings. The summed E-state index contributed by atoms with van der Waals surface area (Å²) in [6.07, 6.45) is 0.628. The highest BCUT2D eigenvalue weighted by Crippen LogP contribution is 2.28. The fraction of sp³-hybridized carbons (Fsp3) is 0.316. The maximum atomic E-state index is 12.3. The number of hydrogen-bond donors (Lipinski definition) is 3. The summed E-state index contributed by atoms with van der Waals surface area (Å²) in [5.74, 6) is 0. The highest BCUT2D eigenvalue weighted by atomic mass is 16.5. The van der Waals surface area contributed by atoms with Gasteiger partial charge in [-0.3, -0.25) is 0 Å². The van der Waals surface area contributed by atoms with Crippen LogP contribution < -0.4 is 10.6 Å². The fourth-order valence-electron chi connectivity index (χ4n) is 3.00. The number of carbonyl (C=O) groups excluding carboxylic acids is 1. The van der Waals surface area contributed by atoms with Gasteiger partial charge in [-0.2, -0.15) is 0 Å². The molecule has 0 aliphatic carbocycles. The third-order valence-corrected chi connectivity index (χ3v) is 4.23. The van der Waals surface area contributed by atoms with Crippen LogP contribution in [-0.2, 0) is 4.74 Å². The number of aliphatic hydroxyl groups excluding tert-OH is 1. The lowest BCUT2D eigenvalue weighted by Crippen LogP contribution is -2.45. The van der Waals surface area contributed by atoms with Crippen molar-refractivity contribution in [1.29, 1.82) is 0 Å². The first-order valence-corrected chi connectivity index (χ1v) is 8.17. The van der Waals surface area contributed by atoms with Crippen molar-refractivity contribution < 1.29 is 14.6 Å². The summed E-state index contributed by atoms with van der Waals surface area (Å²) in [5, 5.41) is 15.4. The monoisotopic (exact) mass is 326 g/mol. The summed E-state index contributed by atoms with van der Waals surface area (Å²) < 4.78 is 5.78. The van der Waals surface area contributed by atoms with Crippen LogP contribution in [0.25, 0.3) is 0 Å². The summed E-state index contributed by atoms with van der Waals surface area (Å²) in [4.78, 5) is 12.3. The Labute approximate surface area is 141 Å². The maximum absolute atomic E-state index is 12.3. The molecule has 1 aliphatic rings. The Morgan fingerprint density at radius 1 is 1.12 bits per heavy atom. The van der Waals surface area contributed by atoms with Gasteiger partial charge in [-0.1, -0.05) is 60.7 Å². The Kier molecular flexibility index (Phi) is 5.46. The van der Waals surface area contributed by atoms with E-state index in [-0.39, 0.29) is 24.8 Å². The van der Waals surface area contributed by atoms with Crippen LogP contribution in [-0.4, -0.2) is 30.4 Å². The molecule has 2 aromatic carbocycles. The Bertz CT molecular complexity index is 648. The minimum absolute atomic E-state index is 0.0810. The molecular weight excluding hydrogens is 304 g/mol. The van der Waals surface area contributed by atoms with E-state index in [9.17, 15) is 9.90 Å². The van der Waals surface area contributed by atoms with Crippen molar-refractivity contribution in [2.45, 2.75) is 24.6 Å². The molecule has 3 rings (SSSR count). The Morgan fingerprint density at radius 2 is 1.79 bits per heavy atom. The molecule has 0 spiro atoms. The van der Waals surface area contributed by atoms with Crippen LogP contribution in [0.15, 0.2) is 60.7 Å². The van der Waals surface area contributed by atoms with Crippen molar-refractivity contribution in [2.24, 2.45) is 0 Å². The lowest BCUT2D eigenvalue weighted by Gasteiger charge is -2.23. The second-order valence-electron chi connectivity index (χ2n) is 5.86. The van der Waals surface area contributed by atoms with Gasteiger partial charge >= 0.3 is 6.03 Å². The molecule has 3 atom stereocenters. The zero-order valence-electron chi connectivity index (χ0n) is 13.4. The van der Waals surface area contributed by atoms with Crippen LogP contribution in [0, 0.1) is 0 Å². The van der Waals surface area contributed by atoms with E-state index in [0.29, 0.717) is 6.61 Å². The average molecular weight is 326 g/mol. The van der Waals surface area contributed by atoms with E-state index in [2.05, 4.69) is 10.6 Å². The predicted molar refractivity (Wildman–Crippen MR) is 91.5 cm³/mol. The van der Waals surface area contributed by atoms with Crippen LogP contribution in [0.4, 0.5) is 4.79 Å². The zero-order valence-corrected chi connectivity index (χ0v) is 13.4. The number of aliphatic hydroxyl groups is 1. The number of benzene rings is 2. The van der Waals surface area contributed by atoms with E-state index in [0.717, 1.165) is 17.5 Å². The number of amides is 2. The molecule has 1 heterocycles. The van der Waals surface area contributed by atoms with Gasteiger partial charge in [0.05, 0.1) is 18.7 Å². The summed E-state index contributed by atoms with van der Waals surface area (Å²) in [5.41, 5.74) is 1.93. The maximum Gasteiger partial charge on any atom is 0.315 e. The van der Waals surface area contributed by atoms with Gasteiger partial charge in [0.1, 0.15) is 6.10 Å². The second-order valence-corrected chi connectivity index (χ2v) is 5.86. The SMILES string of the molecule is O=C(N[C@H]1CCO[C@@H]1c1ccccc1)N[C@H](CO)c1ccccc1. The lowest BCUT2D eigenvalue weighted by atomic mass is 10.0. The molecule has 3 N–H and O–H groups in total. The highest BCUT2D eigenvalue weighted by Gasteiger charge is 2.31. The number of carbonyl (C=O) groups is 1. The van der Waals surface area contributed by atoms with E-state index < -0.39 is 6.04 Å². The molecule has 0 bridgehead atoms. The summed E-state index contributed by atoms with van der Waals surface area (Å²) in [7, 11) is 0. The molecule has 0 unspecified atom stereocenters. The van der Waals surface area contributed by atoms with Crippen molar-refractivity contribution in [3.05, 3.63) is 71.8 Å². The summed E-state index contributed by atoms with van der Waals surface area (Å²) in [6.45, 7) is 0.466. The quantitative estimate of drug-likeness (QED) is 0.791. The molecule has 2 amide bonds. The third kappa shape index (κ3) is 3.93. The van der Waals surface area contributed by atoms with E-state index >= 15 is 0 Å². The van der Waals surface area contributed by atoms with E-state index in [1.807, 2.05) is 60.7 Å². The topological polar surface area (TPSA) is 70.6 Å². The van der Waals surface area contributed by atoms with Gasteiger partial charge in [0.25, 0.3) is 0 Å². The first-order chi connectivity index (χ1) is 11.8. The first-order valence-electron chi connectivity index (χ1n) is 8.17. The third-order valence-electron chi connectivity index (χ3n) is 4.23. The number of rotatable bonds is 5. The molecule has 5 heteroatoms. The number of urea groups is 1. The average Bonchev–Trinajstić information content (AvgIpc) is 3.09. The van der Waals surface area contributed by atoms with Crippen molar-refractivity contribution in [1.82, 2.24) is 10.6 Å². The van der Waals surface area contributed by atoms with Crippen LogP contribution in [0.2, 0.25) is 0 Å². The Balaban J connectivity index is 1.61. The van der Waals surface area contributed by atoms with Crippen molar-refractivity contribution in [3.8, 4) is 0 Å². The molecule has 5 nitrogen and oxygen atoms in total. The molecule has 126 valence electrons. The molecular formula is C19H22N2O3. The van der Waals surface area contributed by atoms with Gasteiger partial charge in [-0.15, -0.1) is 0 Å². The van der Waals surface area contributed by atoms with E-state index in [1.54, 1.807) is 0 Å². The van der Waals surface area contributed by atoms with Crippen LogP contribution in [0.1, 0.15) is 29.7 Å². The largest absolute Gasteiger partial charge is 0.394 e. The normalized spacial score (nSPS) is 21.2. The smallest absolute Gasteiger partial charge is 0.315 e. The molecule has 1 saturated heterocycles. The summed E-state index contributed by atoms with van der Waals surface area (Å²) in [6, 6.07) is 18.5. The minimum atomic E-state index is -0.427. The Morgan fingerprint density at radius 3 is 2.46 bits per heavy atom. The van der Waals surface area contributed by atoms with Crippen LogP contribution >= 0.6 is 0 Å². The van der Waals surface area contributed by atoms with E-state index in [1.165, 1.54) is 0 Å². The van der Waals surface area contributed by atoms with Crippen molar-refractivity contribution in [3.63, 3.8) is 0 Å². The van der Waals surface area contributed by atoms with Gasteiger partial charge < -0.3 is 20.5 Å². The molecule has 1 aliphatic heterocycles. The molecule has 24 heavy (non-hydrogen) atoms. The zero-order chi connectivity index (χ0) is 16.8. The first kappa shape index (κ1) is 16.5. The molecule has 0 aromatic heterocycles. The summed E-state index contributed by atoms with van der Waals surface area (Å²) >= 11 is 0. The lowest BCUT2D eigenvalue weighted by molar-refractivity contribution is 0.0996. The highest BCUT2D eigenvalue weighted by molar-refractivity contribution is 5.75. The van der Waals surface area contributed by atoms with Crippen LogP contribution in [0.5, 0.6) is 0 Å². The van der Waals surface area contributed by atoms with Gasteiger partial charge in [0, 0.05) is 6.61 Å². The predicted octanol–water partition coefficient (Wildman–Crippen LogP) is 2.55. The number of nitrogens with one attached hydrogen (secondary N) is 2. The minimum Gasteiger partial charge on any atom is -0.394 e. The van der Waals surface area contributed by atoms with Gasteiger partial charge in [0.2, 0.25) is 0 Å². The number of hydrogen-bond acceptors (Lipinski definition) is 3. The van der Waals surface area contributed by atoms with Crippen molar-refractivity contribution in [2.75, 3.05) is 13.2 Å². The second kappa shape index (κ2) is 7.95. The van der Waals surface area contributed by atoms with Gasteiger partial charge in [-0.05, 0) is 17.5 Å². The molecule has 1 fully saturated rings. The van der Waals surface area contributed by atoms with Crippen molar-refractivity contribution >= 4 is 6.03 Å². The standard InChI is InChI=1S/C19H22N2O3/c22-13-17(14-7-3-1-4-8-14)21-19(23)20-16-11-12-24-18(16)15-9-5-2-6-10-15/h1-10,16-18,22H,11-13H2,(H2,20,21,23)/t16-,17+,18+/m0/s1. The Hall–Kier alpha value is -2.37. The van der Waals surface area contributed by atoms with E-state index in [4.69, 9.17) is 4.74 Å². The fourth-order valence-corrected chi connectivity index (χ4v) is 3.00. The van der Waals surface area contributed by atoms with Gasteiger partial charge in [-0.25, -0.2) is 4.79 Å². The molecule has 0 radical (unpaired) electrons. The number of ether oxygens (including phenoxy) is 1. The van der Waals surface area contributed by atoms with Crippen LogP contribution in [0.3, 0.4) is 0 Å².